The van der Waals surface area contributed by atoms with E-state index in [0.717, 1.165) is 6.42 Å². The van der Waals surface area contributed by atoms with Crippen molar-refractivity contribution in [1.82, 2.24) is 0 Å². The number of ketones is 1. The van der Waals surface area contributed by atoms with Crippen molar-refractivity contribution in [2.45, 2.75) is 38.8 Å². The van der Waals surface area contributed by atoms with Gasteiger partial charge < -0.3 is 4.74 Å². The molecule has 0 aromatic heterocycles. The van der Waals surface area contributed by atoms with Crippen molar-refractivity contribution in [3.63, 3.8) is 0 Å². The molecule has 0 aromatic rings. The zero-order valence-corrected chi connectivity index (χ0v) is 10.0. The van der Waals surface area contributed by atoms with Gasteiger partial charge in [-0.05, 0) is 38.0 Å². The third-order valence-electron chi connectivity index (χ3n) is 4.15. The Hall–Kier alpha value is -1.07. The van der Waals surface area contributed by atoms with E-state index in [4.69, 9.17) is 4.74 Å². The van der Waals surface area contributed by atoms with E-state index in [9.17, 15) is 22.8 Å². The van der Waals surface area contributed by atoms with E-state index >= 15 is 0 Å². The Bertz CT molecular complexity index is 377. The predicted molar refractivity (Wildman–Crippen MR) is 55.6 cm³/mol. The minimum Gasteiger partial charge on any atom is -0.465 e. The first-order valence-corrected chi connectivity index (χ1v) is 6.11. The summed E-state index contributed by atoms with van der Waals surface area (Å²) in [7, 11) is 0. The van der Waals surface area contributed by atoms with Crippen LogP contribution in [-0.4, -0.2) is 24.5 Å². The number of rotatable bonds is 3. The molecule has 6 heteroatoms. The number of carbonyl (C=O) groups is 2. The third-order valence-corrected chi connectivity index (χ3v) is 4.15. The number of carbonyl (C=O) groups excluding carboxylic acids is 2. The average Bonchev–Trinajstić information content (AvgIpc) is 2.87. The maximum Gasteiger partial charge on any atom is 0.451 e. The van der Waals surface area contributed by atoms with Crippen molar-refractivity contribution < 1.29 is 27.5 Å². The molecule has 3 nitrogen and oxygen atoms in total. The van der Waals surface area contributed by atoms with Crippen LogP contribution in [0.5, 0.6) is 0 Å². The van der Waals surface area contributed by atoms with E-state index < -0.39 is 29.3 Å². The first-order valence-electron chi connectivity index (χ1n) is 6.11. The maximum absolute atomic E-state index is 12.7. The molecule has 2 aliphatic carbocycles. The van der Waals surface area contributed by atoms with E-state index in [1.807, 2.05) is 0 Å². The fourth-order valence-electron chi connectivity index (χ4n) is 3.46. The number of fused-ring (bicyclic) bond motifs is 2. The number of esters is 1. The van der Waals surface area contributed by atoms with E-state index in [-0.39, 0.29) is 18.9 Å². The Labute approximate surface area is 103 Å². The molecular weight excluding hydrogens is 249 g/mol. The van der Waals surface area contributed by atoms with Gasteiger partial charge >= 0.3 is 12.1 Å². The van der Waals surface area contributed by atoms with Crippen LogP contribution in [0.25, 0.3) is 0 Å². The highest BCUT2D eigenvalue weighted by Crippen LogP contribution is 2.58. The molecule has 0 heterocycles. The number of ether oxygens (including phenoxy) is 1. The molecule has 2 fully saturated rings. The third kappa shape index (κ3) is 1.82. The smallest absolute Gasteiger partial charge is 0.451 e. The topological polar surface area (TPSA) is 43.4 Å². The maximum atomic E-state index is 12.7. The van der Waals surface area contributed by atoms with Crippen LogP contribution in [0.15, 0.2) is 0 Å². The normalized spacial score (nSPS) is 34.7. The summed E-state index contributed by atoms with van der Waals surface area (Å²) in [6.45, 7) is 1.51. The minimum absolute atomic E-state index is 0.00512. The lowest BCUT2D eigenvalue weighted by molar-refractivity contribution is -0.193. The summed E-state index contributed by atoms with van der Waals surface area (Å²) in [5.74, 6) is -3.36. The van der Waals surface area contributed by atoms with Crippen LogP contribution in [0, 0.1) is 17.3 Å². The molecule has 0 radical (unpaired) electrons. The highest BCUT2D eigenvalue weighted by Gasteiger charge is 2.66. The quantitative estimate of drug-likeness (QED) is 0.581. The zero-order chi connectivity index (χ0) is 13.6. The van der Waals surface area contributed by atoms with Gasteiger partial charge in [0.05, 0.1) is 6.61 Å². The first-order chi connectivity index (χ1) is 8.32. The molecule has 0 aromatic carbocycles. The second kappa shape index (κ2) is 4.24. The lowest BCUT2D eigenvalue weighted by atomic mass is 9.69. The van der Waals surface area contributed by atoms with Crippen LogP contribution < -0.4 is 0 Å². The molecule has 0 saturated heterocycles. The first kappa shape index (κ1) is 13.4. The molecule has 2 rings (SSSR count). The monoisotopic (exact) mass is 264 g/mol. The van der Waals surface area contributed by atoms with Crippen molar-refractivity contribution >= 4 is 11.8 Å². The molecular formula is C12H15F3O3. The highest BCUT2D eigenvalue weighted by molar-refractivity contribution is 6.07. The molecule has 2 aliphatic rings. The summed E-state index contributed by atoms with van der Waals surface area (Å²) in [4.78, 5) is 23.6. The fraction of sp³-hybridized carbons (Fsp3) is 0.833. The predicted octanol–water partition coefficient (Wildman–Crippen LogP) is 2.49. The van der Waals surface area contributed by atoms with Gasteiger partial charge in [-0.1, -0.05) is 6.42 Å². The van der Waals surface area contributed by atoms with E-state index in [1.54, 1.807) is 0 Å². The molecule has 0 spiro atoms. The Morgan fingerprint density at radius 1 is 1.33 bits per heavy atom. The van der Waals surface area contributed by atoms with Crippen LogP contribution in [0.1, 0.15) is 32.6 Å². The van der Waals surface area contributed by atoms with Crippen LogP contribution >= 0.6 is 0 Å². The second-order valence-corrected chi connectivity index (χ2v) is 5.10. The Balaban J connectivity index is 2.36. The van der Waals surface area contributed by atoms with Gasteiger partial charge in [0.25, 0.3) is 5.78 Å². The fourth-order valence-corrected chi connectivity index (χ4v) is 3.46. The molecule has 0 N–H and O–H groups in total. The van der Waals surface area contributed by atoms with Gasteiger partial charge in [-0.15, -0.1) is 0 Å². The van der Waals surface area contributed by atoms with Gasteiger partial charge in [-0.2, -0.15) is 13.2 Å². The zero-order valence-electron chi connectivity index (χ0n) is 10.0. The SMILES string of the molecule is CCOC(=O)[C@]1(C(=O)C(F)(F)F)C[C@@H]2CC[C@H]1C2. The van der Waals surface area contributed by atoms with Crippen molar-refractivity contribution in [2.24, 2.45) is 17.3 Å². The standard InChI is InChI=1S/C12H15F3O3/c1-2-18-10(17)11(9(16)12(13,14)15)6-7-3-4-8(11)5-7/h7-8H,2-6H2,1H3/t7-,8+,11-/m1/s1. The summed E-state index contributed by atoms with van der Waals surface area (Å²) in [5.41, 5.74) is -1.96. The Kier molecular flexibility index (Phi) is 3.15. The van der Waals surface area contributed by atoms with Gasteiger partial charge in [0.15, 0.2) is 0 Å². The van der Waals surface area contributed by atoms with Crippen LogP contribution in [0.3, 0.4) is 0 Å². The molecule has 0 unspecified atom stereocenters. The largest absolute Gasteiger partial charge is 0.465 e. The number of halogens is 3. The van der Waals surface area contributed by atoms with E-state index in [0.29, 0.717) is 12.8 Å². The molecule has 3 atom stereocenters. The minimum atomic E-state index is -4.97. The summed E-state index contributed by atoms with van der Waals surface area (Å²) in [5, 5.41) is 0. The van der Waals surface area contributed by atoms with Gasteiger partial charge in [0.1, 0.15) is 5.41 Å². The van der Waals surface area contributed by atoms with E-state index in [2.05, 4.69) is 0 Å². The van der Waals surface area contributed by atoms with Crippen LogP contribution in [0.4, 0.5) is 13.2 Å². The van der Waals surface area contributed by atoms with Gasteiger partial charge in [-0.25, -0.2) is 0 Å². The van der Waals surface area contributed by atoms with Crippen molar-refractivity contribution in [3.8, 4) is 0 Å². The van der Waals surface area contributed by atoms with Crippen molar-refractivity contribution in [1.29, 1.82) is 0 Å². The molecule has 102 valence electrons. The summed E-state index contributed by atoms with van der Waals surface area (Å²) < 4.78 is 42.9. The van der Waals surface area contributed by atoms with Crippen LogP contribution in [0.2, 0.25) is 0 Å². The summed E-state index contributed by atoms with van der Waals surface area (Å²) >= 11 is 0. The summed E-state index contributed by atoms with van der Waals surface area (Å²) in [6, 6.07) is 0. The number of hydrogen-bond acceptors (Lipinski definition) is 3. The van der Waals surface area contributed by atoms with Gasteiger partial charge in [0, 0.05) is 0 Å². The van der Waals surface area contributed by atoms with E-state index in [1.165, 1.54) is 6.92 Å². The highest BCUT2D eigenvalue weighted by atomic mass is 19.4. The second-order valence-electron chi connectivity index (χ2n) is 5.10. The summed E-state index contributed by atoms with van der Waals surface area (Å²) in [6.07, 6.45) is -3.14. The van der Waals surface area contributed by atoms with Gasteiger partial charge in [0.2, 0.25) is 0 Å². The van der Waals surface area contributed by atoms with Crippen molar-refractivity contribution in [3.05, 3.63) is 0 Å². The number of hydrogen-bond donors (Lipinski definition) is 0. The molecule has 18 heavy (non-hydrogen) atoms. The molecule has 0 amide bonds. The molecule has 0 aliphatic heterocycles. The Morgan fingerprint density at radius 2 is 2.00 bits per heavy atom. The Morgan fingerprint density at radius 3 is 2.39 bits per heavy atom. The van der Waals surface area contributed by atoms with Gasteiger partial charge in [-0.3, -0.25) is 9.59 Å². The van der Waals surface area contributed by atoms with Crippen molar-refractivity contribution in [2.75, 3.05) is 6.61 Å². The van der Waals surface area contributed by atoms with Crippen LogP contribution in [-0.2, 0) is 14.3 Å². The average molecular weight is 264 g/mol. The lowest BCUT2D eigenvalue weighted by Crippen LogP contribution is -2.50. The number of Topliss-reactive ketones (excluding diaryl/α,β-unsaturated/α-hetero) is 1. The molecule has 2 saturated carbocycles. The molecule has 2 bridgehead atoms. The number of alkyl halides is 3. The lowest BCUT2D eigenvalue weighted by Gasteiger charge is -2.34.